The van der Waals surface area contributed by atoms with Crippen LogP contribution in [0.4, 0.5) is 0 Å². The first-order valence-electron chi connectivity index (χ1n) is 10.1. The maximum Gasteiger partial charge on any atom is 0.271 e. The first kappa shape index (κ1) is 20.4. The fourth-order valence-electron chi connectivity index (χ4n) is 3.89. The Morgan fingerprint density at radius 1 is 1.32 bits per heavy atom. The molecule has 0 saturated carbocycles. The monoisotopic (exact) mass is 385 g/mol. The highest BCUT2D eigenvalue weighted by atomic mass is 16.5. The predicted octanol–water partition coefficient (Wildman–Crippen LogP) is 3.05. The van der Waals surface area contributed by atoms with Crippen molar-refractivity contribution < 1.29 is 14.3 Å². The number of methoxy groups -OCH3 is 1. The molecule has 1 aliphatic heterocycles. The molecule has 6 heteroatoms. The predicted molar refractivity (Wildman–Crippen MR) is 110 cm³/mol. The van der Waals surface area contributed by atoms with Gasteiger partial charge in [-0.25, -0.2) is 0 Å². The number of carbonyl (C=O) groups is 2. The lowest BCUT2D eigenvalue weighted by Crippen LogP contribution is -2.64. The van der Waals surface area contributed by atoms with Gasteiger partial charge in [0.05, 0.1) is 6.54 Å². The number of aromatic nitrogens is 1. The second kappa shape index (κ2) is 8.35. The van der Waals surface area contributed by atoms with Gasteiger partial charge in [-0.1, -0.05) is 32.0 Å². The molecule has 1 aromatic carbocycles. The first-order valence-corrected chi connectivity index (χ1v) is 10.1. The summed E-state index contributed by atoms with van der Waals surface area (Å²) in [6, 6.07) is 9.86. The SMILES string of the molecule is COCCCN1C(=O)c2cc3ccccc3n2C[C@@]1(C)C(=O)NCCC(C)C. The van der Waals surface area contributed by atoms with E-state index in [-0.39, 0.29) is 11.8 Å². The summed E-state index contributed by atoms with van der Waals surface area (Å²) in [5, 5.41) is 4.08. The van der Waals surface area contributed by atoms with Gasteiger partial charge in [0, 0.05) is 37.7 Å². The zero-order valence-electron chi connectivity index (χ0n) is 17.3. The molecular formula is C22H31N3O3. The van der Waals surface area contributed by atoms with Crippen LogP contribution in [-0.2, 0) is 16.1 Å². The van der Waals surface area contributed by atoms with Crippen LogP contribution in [0.3, 0.4) is 0 Å². The molecule has 0 unspecified atom stereocenters. The highest BCUT2D eigenvalue weighted by Gasteiger charge is 2.47. The number of benzene rings is 1. The van der Waals surface area contributed by atoms with Crippen LogP contribution in [0.1, 0.15) is 44.1 Å². The van der Waals surface area contributed by atoms with Crippen molar-refractivity contribution in [2.24, 2.45) is 5.92 Å². The fourth-order valence-corrected chi connectivity index (χ4v) is 3.89. The number of carbonyl (C=O) groups excluding carboxylic acids is 2. The Morgan fingerprint density at radius 2 is 2.07 bits per heavy atom. The molecule has 1 N–H and O–H groups in total. The van der Waals surface area contributed by atoms with Crippen LogP contribution in [0.2, 0.25) is 0 Å². The van der Waals surface area contributed by atoms with Gasteiger partial charge < -0.3 is 19.5 Å². The molecule has 0 bridgehead atoms. The number of rotatable bonds is 8. The molecule has 0 fully saturated rings. The van der Waals surface area contributed by atoms with Crippen LogP contribution in [0.15, 0.2) is 30.3 Å². The Morgan fingerprint density at radius 3 is 2.79 bits per heavy atom. The van der Waals surface area contributed by atoms with E-state index in [0.29, 0.717) is 44.3 Å². The Kier molecular flexibility index (Phi) is 6.08. The molecule has 0 radical (unpaired) electrons. The Balaban J connectivity index is 1.95. The van der Waals surface area contributed by atoms with E-state index in [2.05, 4.69) is 19.2 Å². The molecular weight excluding hydrogens is 354 g/mol. The summed E-state index contributed by atoms with van der Waals surface area (Å²) in [5.74, 6) is 0.321. The number of hydrogen-bond acceptors (Lipinski definition) is 3. The third-order valence-corrected chi connectivity index (χ3v) is 5.56. The maximum absolute atomic E-state index is 13.4. The number of ether oxygens (including phenoxy) is 1. The molecule has 2 amide bonds. The summed E-state index contributed by atoms with van der Waals surface area (Å²) in [7, 11) is 1.65. The first-order chi connectivity index (χ1) is 13.4. The molecule has 1 aromatic heterocycles. The third-order valence-electron chi connectivity index (χ3n) is 5.56. The number of nitrogens with zero attached hydrogens (tertiary/aromatic N) is 2. The lowest BCUT2D eigenvalue weighted by Gasteiger charge is -2.44. The van der Waals surface area contributed by atoms with Gasteiger partial charge in [-0.05, 0) is 37.8 Å². The van der Waals surface area contributed by atoms with Crippen molar-refractivity contribution in [2.75, 3.05) is 26.8 Å². The van der Waals surface area contributed by atoms with Gasteiger partial charge in [0.15, 0.2) is 0 Å². The molecule has 1 atom stereocenters. The summed E-state index contributed by atoms with van der Waals surface area (Å²) in [5.41, 5.74) is 0.700. The maximum atomic E-state index is 13.4. The molecule has 2 heterocycles. The minimum atomic E-state index is -0.934. The van der Waals surface area contributed by atoms with Crippen molar-refractivity contribution in [3.63, 3.8) is 0 Å². The second-order valence-electron chi connectivity index (χ2n) is 8.19. The number of para-hydroxylation sites is 1. The highest BCUT2D eigenvalue weighted by molar-refractivity contribution is 6.03. The van der Waals surface area contributed by atoms with Gasteiger partial charge in [0.2, 0.25) is 5.91 Å². The van der Waals surface area contributed by atoms with Crippen molar-refractivity contribution in [3.8, 4) is 0 Å². The van der Waals surface area contributed by atoms with Gasteiger partial charge in [0.1, 0.15) is 11.2 Å². The lowest BCUT2D eigenvalue weighted by molar-refractivity contribution is -0.132. The van der Waals surface area contributed by atoms with Crippen LogP contribution in [0, 0.1) is 5.92 Å². The van der Waals surface area contributed by atoms with Gasteiger partial charge in [-0.15, -0.1) is 0 Å². The van der Waals surface area contributed by atoms with Crippen LogP contribution in [-0.4, -0.2) is 53.6 Å². The van der Waals surface area contributed by atoms with Crippen molar-refractivity contribution >= 4 is 22.7 Å². The van der Waals surface area contributed by atoms with Gasteiger partial charge in [-0.3, -0.25) is 9.59 Å². The lowest BCUT2D eigenvalue weighted by atomic mass is 9.94. The van der Waals surface area contributed by atoms with E-state index in [1.54, 1.807) is 12.0 Å². The number of fused-ring (bicyclic) bond motifs is 3. The number of nitrogens with one attached hydrogen (secondary N) is 1. The smallest absolute Gasteiger partial charge is 0.271 e. The van der Waals surface area contributed by atoms with Crippen molar-refractivity contribution in [3.05, 3.63) is 36.0 Å². The van der Waals surface area contributed by atoms with Crippen molar-refractivity contribution in [2.45, 2.75) is 45.7 Å². The van der Waals surface area contributed by atoms with Crippen LogP contribution in [0.5, 0.6) is 0 Å². The van der Waals surface area contributed by atoms with Crippen LogP contribution in [0.25, 0.3) is 10.9 Å². The van der Waals surface area contributed by atoms with Crippen molar-refractivity contribution in [1.82, 2.24) is 14.8 Å². The van der Waals surface area contributed by atoms with E-state index in [1.165, 1.54) is 0 Å². The summed E-state index contributed by atoms with van der Waals surface area (Å²) in [6.45, 7) is 8.24. The van der Waals surface area contributed by atoms with E-state index >= 15 is 0 Å². The average molecular weight is 386 g/mol. The largest absolute Gasteiger partial charge is 0.385 e. The van der Waals surface area contributed by atoms with E-state index < -0.39 is 5.54 Å². The zero-order valence-corrected chi connectivity index (χ0v) is 17.3. The Hall–Kier alpha value is -2.34. The summed E-state index contributed by atoms with van der Waals surface area (Å²) in [6.07, 6.45) is 1.61. The van der Waals surface area contributed by atoms with Gasteiger partial charge in [-0.2, -0.15) is 0 Å². The molecule has 28 heavy (non-hydrogen) atoms. The zero-order chi connectivity index (χ0) is 20.3. The van der Waals surface area contributed by atoms with Crippen molar-refractivity contribution in [1.29, 1.82) is 0 Å². The standard InChI is InChI=1S/C22H31N3O3/c1-16(2)10-11-23-21(27)22(3)15-24-18-9-6-5-8-17(18)14-19(24)20(26)25(22)12-7-13-28-4/h5-6,8-9,14,16H,7,10-13,15H2,1-4H3,(H,23,27)/t22-/m0/s1. The highest BCUT2D eigenvalue weighted by Crippen LogP contribution is 2.32. The fraction of sp³-hybridized carbons (Fsp3) is 0.545. The molecule has 1 aliphatic rings. The minimum absolute atomic E-state index is 0.0950. The second-order valence-corrected chi connectivity index (χ2v) is 8.19. The van der Waals surface area contributed by atoms with E-state index in [0.717, 1.165) is 17.3 Å². The van der Waals surface area contributed by atoms with Gasteiger partial charge >= 0.3 is 0 Å². The van der Waals surface area contributed by atoms with Crippen LogP contribution >= 0.6 is 0 Å². The Labute approximate surface area is 166 Å². The normalized spacial score (nSPS) is 19.3. The molecule has 0 aliphatic carbocycles. The molecule has 152 valence electrons. The summed E-state index contributed by atoms with van der Waals surface area (Å²) >= 11 is 0. The summed E-state index contributed by atoms with van der Waals surface area (Å²) in [4.78, 5) is 28.3. The molecule has 2 aromatic rings. The molecule has 6 nitrogen and oxygen atoms in total. The Bertz CT molecular complexity index is 858. The van der Waals surface area contributed by atoms with Crippen LogP contribution < -0.4 is 5.32 Å². The van der Waals surface area contributed by atoms with E-state index in [9.17, 15) is 9.59 Å². The van der Waals surface area contributed by atoms with Gasteiger partial charge in [0.25, 0.3) is 5.91 Å². The number of hydrogen-bond donors (Lipinski definition) is 1. The average Bonchev–Trinajstić information content (AvgIpc) is 3.03. The molecule has 0 saturated heterocycles. The summed E-state index contributed by atoms with van der Waals surface area (Å²) < 4.78 is 7.15. The third kappa shape index (κ3) is 3.78. The van der Waals surface area contributed by atoms with E-state index in [1.807, 2.05) is 41.8 Å². The minimum Gasteiger partial charge on any atom is -0.385 e. The van der Waals surface area contributed by atoms with E-state index in [4.69, 9.17) is 4.74 Å². The number of amides is 2. The quantitative estimate of drug-likeness (QED) is 0.711. The molecule has 3 rings (SSSR count). The molecule has 0 spiro atoms. The topological polar surface area (TPSA) is 63.6 Å².